The van der Waals surface area contributed by atoms with Gasteiger partial charge in [-0.05, 0) is 18.4 Å². The molecule has 0 unspecified atom stereocenters. The second-order valence-corrected chi connectivity index (χ2v) is 6.73. The highest BCUT2D eigenvalue weighted by atomic mass is 79.9. The second-order valence-electron chi connectivity index (χ2n) is 6.73. The maximum Gasteiger partial charge on any atom is 0.169 e. The first-order chi connectivity index (χ1) is 10.9. The highest BCUT2D eigenvalue weighted by molar-refractivity contribution is 5.07. The van der Waals surface area contributed by atoms with Gasteiger partial charge in [0.1, 0.15) is 6.54 Å². The van der Waals surface area contributed by atoms with Gasteiger partial charge in [0, 0.05) is 18.6 Å². The molecule has 1 aromatic heterocycles. The SMILES string of the molecule is CCCCCCCCCCCCCc1cc[n+](CCC)cc1.[Br-]. The first-order valence-electron chi connectivity index (χ1n) is 9.84. The van der Waals surface area contributed by atoms with Crippen molar-refractivity contribution in [3.63, 3.8) is 0 Å². The van der Waals surface area contributed by atoms with Crippen LogP contribution in [0.5, 0.6) is 0 Å². The fraction of sp³-hybridized carbons (Fsp3) is 0.762. The third-order valence-electron chi connectivity index (χ3n) is 4.51. The molecule has 1 heterocycles. The number of unbranched alkanes of at least 4 members (excludes halogenated alkanes) is 10. The molecule has 0 aliphatic rings. The fourth-order valence-electron chi connectivity index (χ4n) is 3.06. The van der Waals surface area contributed by atoms with E-state index in [1.165, 1.54) is 89.0 Å². The molecule has 0 atom stereocenters. The Bertz CT molecular complexity index is 347. The first-order valence-corrected chi connectivity index (χ1v) is 9.84. The molecule has 0 fully saturated rings. The maximum absolute atomic E-state index is 2.30. The van der Waals surface area contributed by atoms with Gasteiger partial charge in [-0.1, -0.05) is 78.1 Å². The molecule has 23 heavy (non-hydrogen) atoms. The minimum absolute atomic E-state index is 0. The molecule has 2 heteroatoms. The van der Waals surface area contributed by atoms with Crippen LogP contribution in [0.25, 0.3) is 0 Å². The summed E-state index contributed by atoms with van der Waals surface area (Å²) in [5, 5.41) is 0. The van der Waals surface area contributed by atoms with Gasteiger partial charge in [-0.3, -0.25) is 0 Å². The van der Waals surface area contributed by atoms with Gasteiger partial charge >= 0.3 is 0 Å². The predicted octanol–water partition coefficient (Wildman–Crippen LogP) is 3.24. The lowest BCUT2D eigenvalue weighted by Crippen LogP contribution is -3.00. The number of pyridine rings is 1. The van der Waals surface area contributed by atoms with E-state index in [2.05, 4.69) is 42.9 Å². The van der Waals surface area contributed by atoms with Gasteiger partial charge in [0.15, 0.2) is 12.4 Å². The molecule has 0 radical (unpaired) electrons. The van der Waals surface area contributed by atoms with Crippen LogP contribution in [0.2, 0.25) is 0 Å². The highest BCUT2D eigenvalue weighted by Crippen LogP contribution is 2.12. The Morgan fingerprint density at radius 1 is 0.652 bits per heavy atom. The minimum Gasteiger partial charge on any atom is -1.00 e. The second kappa shape index (κ2) is 16.5. The Balaban J connectivity index is 0.00000484. The van der Waals surface area contributed by atoms with Crippen molar-refractivity contribution in [1.29, 1.82) is 0 Å². The molecule has 0 N–H and O–H groups in total. The number of rotatable bonds is 14. The van der Waals surface area contributed by atoms with Crippen molar-refractivity contribution in [3.05, 3.63) is 30.1 Å². The predicted molar refractivity (Wildman–Crippen MR) is 97.1 cm³/mol. The van der Waals surface area contributed by atoms with Crippen LogP contribution in [0.4, 0.5) is 0 Å². The number of hydrogen-bond donors (Lipinski definition) is 0. The van der Waals surface area contributed by atoms with Gasteiger partial charge < -0.3 is 17.0 Å². The Kier molecular flexibility index (Phi) is 16.2. The molecule has 0 aromatic carbocycles. The summed E-state index contributed by atoms with van der Waals surface area (Å²) in [6.07, 6.45) is 22.6. The molecular weight excluding hydrogens is 346 g/mol. The zero-order valence-electron chi connectivity index (χ0n) is 15.5. The van der Waals surface area contributed by atoms with Crippen molar-refractivity contribution in [2.75, 3.05) is 0 Å². The number of hydrogen-bond acceptors (Lipinski definition) is 0. The molecule has 0 spiro atoms. The third kappa shape index (κ3) is 12.7. The van der Waals surface area contributed by atoms with Crippen LogP contribution in [0.1, 0.15) is 96.5 Å². The summed E-state index contributed by atoms with van der Waals surface area (Å²) in [6, 6.07) is 4.60. The topological polar surface area (TPSA) is 3.88 Å². The van der Waals surface area contributed by atoms with E-state index in [1.54, 1.807) is 0 Å². The molecule has 0 bridgehead atoms. The van der Waals surface area contributed by atoms with Crippen molar-refractivity contribution >= 4 is 0 Å². The van der Waals surface area contributed by atoms with Crippen molar-refractivity contribution < 1.29 is 21.5 Å². The quantitative estimate of drug-likeness (QED) is 0.343. The van der Waals surface area contributed by atoms with E-state index in [0.717, 1.165) is 6.54 Å². The van der Waals surface area contributed by atoms with Gasteiger partial charge in [0.05, 0.1) is 0 Å². The zero-order chi connectivity index (χ0) is 15.9. The smallest absolute Gasteiger partial charge is 0.169 e. The van der Waals surface area contributed by atoms with Crippen molar-refractivity contribution in [1.82, 2.24) is 0 Å². The van der Waals surface area contributed by atoms with E-state index in [1.807, 2.05) is 0 Å². The van der Waals surface area contributed by atoms with Crippen molar-refractivity contribution in [2.45, 2.75) is 104 Å². The number of aromatic nitrogens is 1. The summed E-state index contributed by atoms with van der Waals surface area (Å²) >= 11 is 0. The summed E-state index contributed by atoms with van der Waals surface area (Å²) < 4.78 is 2.28. The molecule has 0 aliphatic carbocycles. The minimum atomic E-state index is 0. The largest absolute Gasteiger partial charge is 1.00 e. The average Bonchev–Trinajstić information content (AvgIpc) is 2.54. The van der Waals surface area contributed by atoms with Gasteiger partial charge in [-0.2, -0.15) is 0 Å². The normalized spacial score (nSPS) is 10.5. The van der Waals surface area contributed by atoms with Crippen LogP contribution < -0.4 is 21.5 Å². The maximum atomic E-state index is 2.30. The van der Waals surface area contributed by atoms with Crippen molar-refractivity contribution in [3.8, 4) is 0 Å². The molecule has 0 amide bonds. The van der Waals surface area contributed by atoms with E-state index in [0.29, 0.717) is 0 Å². The Labute approximate surface area is 155 Å². The monoisotopic (exact) mass is 383 g/mol. The molecule has 134 valence electrons. The number of nitrogens with zero attached hydrogens (tertiary/aromatic N) is 1. The molecule has 0 saturated heterocycles. The summed E-state index contributed by atoms with van der Waals surface area (Å²) in [5.74, 6) is 0. The van der Waals surface area contributed by atoms with Gasteiger partial charge in [-0.25, -0.2) is 4.57 Å². The lowest BCUT2D eigenvalue weighted by atomic mass is 10.0. The molecular formula is C21H38BrN. The highest BCUT2D eigenvalue weighted by Gasteiger charge is 1.99. The standard InChI is InChI=1S/C21H38N.BrH/c1-3-5-6-7-8-9-10-11-12-13-14-15-21-16-19-22(18-4-2)20-17-21;/h16-17,19-20H,3-15,18H2,1-2H3;1H/q+1;/p-1. The van der Waals surface area contributed by atoms with E-state index in [-0.39, 0.29) is 17.0 Å². The molecule has 0 aliphatic heterocycles. The van der Waals surface area contributed by atoms with E-state index in [9.17, 15) is 0 Å². The lowest BCUT2D eigenvalue weighted by Gasteiger charge is -2.03. The average molecular weight is 384 g/mol. The Hall–Kier alpha value is -0.370. The molecule has 0 saturated carbocycles. The van der Waals surface area contributed by atoms with Crippen LogP contribution in [0, 0.1) is 0 Å². The fourth-order valence-corrected chi connectivity index (χ4v) is 3.06. The number of aryl methyl sites for hydroxylation is 2. The van der Waals surface area contributed by atoms with Gasteiger partial charge in [0.25, 0.3) is 0 Å². The van der Waals surface area contributed by atoms with Crippen molar-refractivity contribution in [2.24, 2.45) is 0 Å². The van der Waals surface area contributed by atoms with Crippen LogP contribution in [-0.2, 0) is 13.0 Å². The summed E-state index contributed by atoms with van der Waals surface area (Å²) in [4.78, 5) is 0. The Morgan fingerprint density at radius 3 is 1.61 bits per heavy atom. The van der Waals surface area contributed by atoms with Crippen LogP contribution in [-0.4, -0.2) is 0 Å². The zero-order valence-corrected chi connectivity index (χ0v) is 17.1. The number of halogens is 1. The van der Waals surface area contributed by atoms with E-state index in [4.69, 9.17) is 0 Å². The molecule has 1 aromatic rings. The van der Waals surface area contributed by atoms with Gasteiger partial charge in [-0.15, -0.1) is 0 Å². The van der Waals surface area contributed by atoms with Crippen LogP contribution in [0.3, 0.4) is 0 Å². The lowest BCUT2D eigenvalue weighted by molar-refractivity contribution is -0.697. The summed E-state index contributed by atoms with van der Waals surface area (Å²) in [6.45, 7) is 5.66. The van der Waals surface area contributed by atoms with E-state index >= 15 is 0 Å². The Morgan fingerprint density at radius 2 is 1.13 bits per heavy atom. The van der Waals surface area contributed by atoms with Crippen LogP contribution in [0.15, 0.2) is 24.5 Å². The molecule has 1 rings (SSSR count). The summed E-state index contributed by atoms with van der Waals surface area (Å²) in [5.41, 5.74) is 1.50. The van der Waals surface area contributed by atoms with Gasteiger partial charge in [0.2, 0.25) is 0 Å². The third-order valence-corrected chi connectivity index (χ3v) is 4.51. The van der Waals surface area contributed by atoms with Crippen LogP contribution >= 0.6 is 0 Å². The summed E-state index contributed by atoms with van der Waals surface area (Å²) in [7, 11) is 0. The molecule has 1 nitrogen and oxygen atoms in total. The first kappa shape index (κ1) is 22.6. The van der Waals surface area contributed by atoms with E-state index < -0.39 is 0 Å².